The fourth-order valence-electron chi connectivity index (χ4n) is 5.88. The highest BCUT2D eigenvalue weighted by molar-refractivity contribution is 7.89. The Bertz CT molecular complexity index is 2300. The first kappa shape index (κ1) is 43.6. The number of amides is 3. The first-order valence-corrected chi connectivity index (χ1v) is 21.0. The van der Waals surface area contributed by atoms with E-state index in [1.807, 2.05) is 13.0 Å². The summed E-state index contributed by atoms with van der Waals surface area (Å²) in [5.41, 5.74) is 2.22. The van der Waals surface area contributed by atoms with Crippen molar-refractivity contribution in [2.24, 2.45) is 5.10 Å². The van der Waals surface area contributed by atoms with Crippen LogP contribution in [0.4, 0.5) is 11.4 Å². The average molecular weight is 856 g/mol. The summed E-state index contributed by atoms with van der Waals surface area (Å²) in [6.07, 6.45) is 2.59. The Morgan fingerprint density at radius 3 is 2.18 bits per heavy atom. The van der Waals surface area contributed by atoms with Gasteiger partial charge < -0.3 is 15.4 Å². The van der Waals surface area contributed by atoms with E-state index >= 15 is 0 Å². The molecule has 0 fully saturated rings. The predicted octanol–water partition coefficient (Wildman–Crippen LogP) is 8.65. The number of hydrogen-bond donors (Lipinski definition) is 3. The highest BCUT2D eigenvalue weighted by Gasteiger charge is 2.42. The molecule has 3 amide bonds. The monoisotopic (exact) mass is 854 g/mol. The molecule has 0 bridgehead atoms. The second kappa shape index (κ2) is 17.5. The second-order valence-electron chi connectivity index (χ2n) is 14.8. The maximum absolute atomic E-state index is 13.8. The van der Waals surface area contributed by atoms with Gasteiger partial charge in [-0.1, -0.05) is 108 Å². The summed E-state index contributed by atoms with van der Waals surface area (Å²) in [6.45, 7) is 14.8. The van der Waals surface area contributed by atoms with Gasteiger partial charge in [0.1, 0.15) is 11.4 Å². The van der Waals surface area contributed by atoms with E-state index in [1.54, 1.807) is 12.1 Å². The average Bonchev–Trinajstić information content (AvgIpc) is 3.45. The minimum Gasteiger partial charge on any atom is -0.480 e. The molecule has 302 valence electrons. The molecule has 4 aromatic rings. The van der Waals surface area contributed by atoms with E-state index in [-0.39, 0.29) is 48.0 Å². The molecule has 2 heterocycles. The van der Waals surface area contributed by atoms with Crippen LogP contribution < -0.4 is 25.1 Å². The highest BCUT2D eigenvalue weighted by atomic mass is 35.5. The Morgan fingerprint density at radius 1 is 0.877 bits per heavy atom. The summed E-state index contributed by atoms with van der Waals surface area (Å²) in [6, 6.07) is 17.4. The summed E-state index contributed by atoms with van der Waals surface area (Å²) in [5, 5.41) is 10.1. The van der Waals surface area contributed by atoms with Gasteiger partial charge in [-0.25, -0.2) is 13.4 Å². The third-order valence-electron chi connectivity index (χ3n) is 10.1. The number of sulfonamides is 1. The van der Waals surface area contributed by atoms with E-state index < -0.39 is 39.9 Å². The number of nitrogens with zero attached hydrogens (tertiary/aromatic N) is 3. The van der Waals surface area contributed by atoms with E-state index in [1.165, 1.54) is 54.2 Å². The second-order valence-corrected chi connectivity index (χ2v) is 17.7. The molecule has 0 saturated heterocycles. The fraction of sp³-hybridized carbons (Fsp3) is 0.341. The molecule has 57 heavy (non-hydrogen) atoms. The molecular formula is C41H45Cl3N6O6S. The largest absolute Gasteiger partial charge is 0.480 e. The minimum absolute atomic E-state index is 0.0396. The molecule has 16 heteroatoms. The van der Waals surface area contributed by atoms with Crippen LogP contribution in [0.25, 0.3) is 0 Å². The zero-order valence-corrected chi connectivity index (χ0v) is 35.7. The molecule has 1 aromatic heterocycles. The number of carbonyl (C=O) groups excluding carboxylic acids is 3. The van der Waals surface area contributed by atoms with E-state index in [0.29, 0.717) is 17.9 Å². The number of carbonyl (C=O) groups is 3. The SMILES string of the molecule is CCC(Oc1ccc(C(C)(C)CC)cc1C(C)(C)CC)C(=O)Nc1cccc(C(=O)NC2=NN(c3c(Cl)cc(Cl)cc3Cl)C(=O)C2NS(=O)(=O)c2ccccn2)c1. The number of nitrogens with one attached hydrogen (secondary N) is 3. The minimum atomic E-state index is -4.41. The third-order valence-corrected chi connectivity index (χ3v) is 12.3. The smallest absolute Gasteiger partial charge is 0.273 e. The third kappa shape index (κ3) is 9.78. The van der Waals surface area contributed by atoms with Gasteiger partial charge in [-0.15, -0.1) is 5.10 Å². The molecule has 1 aliphatic heterocycles. The lowest BCUT2D eigenvalue weighted by atomic mass is 9.76. The van der Waals surface area contributed by atoms with Crippen LogP contribution in [0, 0.1) is 0 Å². The van der Waals surface area contributed by atoms with Gasteiger partial charge in [0, 0.05) is 28.0 Å². The van der Waals surface area contributed by atoms with Crippen LogP contribution in [0.5, 0.6) is 5.75 Å². The summed E-state index contributed by atoms with van der Waals surface area (Å²) < 4.78 is 35.3. The summed E-state index contributed by atoms with van der Waals surface area (Å²) >= 11 is 18.9. The van der Waals surface area contributed by atoms with Gasteiger partial charge in [-0.3, -0.25) is 14.4 Å². The zero-order chi connectivity index (χ0) is 41.9. The number of hydrogen-bond acceptors (Lipinski definition) is 8. The van der Waals surface area contributed by atoms with Crippen molar-refractivity contribution in [2.75, 3.05) is 10.3 Å². The van der Waals surface area contributed by atoms with Crippen LogP contribution in [-0.4, -0.2) is 49.1 Å². The number of rotatable bonds is 14. The molecule has 2 atom stereocenters. The lowest BCUT2D eigenvalue weighted by molar-refractivity contribution is -0.123. The van der Waals surface area contributed by atoms with Crippen molar-refractivity contribution in [3.05, 3.63) is 111 Å². The van der Waals surface area contributed by atoms with E-state index in [4.69, 9.17) is 39.5 Å². The number of ether oxygens (including phenoxy) is 1. The maximum atomic E-state index is 13.8. The highest BCUT2D eigenvalue weighted by Crippen LogP contribution is 2.40. The Kier molecular flexibility index (Phi) is 13.4. The number of aromatic nitrogens is 1. The van der Waals surface area contributed by atoms with E-state index in [9.17, 15) is 22.8 Å². The van der Waals surface area contributed by atoms with Gasteiger partial charge in [-0.05, 0) is 84.2 Å². The van der Waals surface area contributed by atoms with Gasteiger partial charge in [0.05, 0.1) is 10.0 Å². The molecule has 0 radical (unpaired) electrons. The first-order valence-electron chi connectivity index (χ1n) is 18.4. The van der Waals surface area contributed by atoms with Crippen LogP contribution in [-0.2, 0) is 30.4 Å². The van der Waals surface area contributed by atoms with Crippen molar-refractivity contribution in [2.45, 2.75) is 95.7 Å². The number of halogens is 3. The maximum Gasteiger partial charge on any atom is 0.273 e. The molecule has 3 aromatic carbocycles. The first-order chi connectivity index (χ1) is 26.8. The number of anilines is 2. The molecule has 0 spiro atoms. The van der Waals surface area contributed by atoms with Gasteiger partial charge >= 0.3 is 0 Å². The van der Waals surface area contributed by atoms with Crippen LogP contribution >= 0.6 is 34.8 Å². The lowest BCUT2D eigenvalue weighted by Gasteiger charge is -2.31. The quantitative estimate of drug-likeness (QED) is 0.115. The van der Waals surface area contributed by atoms with Crippen molar-refractivity contribution in [1.82, 2.24) is 15.0 Å². The summed E-state index contributed by atoms with van der Waals surface area (Å²) in [4.78, 5) is 45.1. The summed E-state index contributed by atoms with van der Waals surface area (Å²) in [7, 11) is -4.41. The topological polar surface area (TPSA) is 159 Å². The van der Waals surface area contributed by atoms with Crippen LogP contribution in [0.3, 0.4) is 0 Å². The van der Waals surface area contributed by atoms with Crippen LogP contribution in [0.1, 0.15) is 89.2 Å². The van der Waals surface area contributed by atoms with Crippen molar-refractivity contribution in [3.8, 4) is 5.75 Å². The van der Waals surface area contributed by atoms with Gasteiger partial charge in [-0.2, -0.15) is 9.73 Å². The number of pyridine rings is 1. The number of amidine groups is 1. The zero-order valence-electron chi connectivity index (χ0n) is 32.6. The molecule has 0 aliphatic carbocycles. The number of hydrazone groups is 1. The molecular weight excluding hydrogens is 811 g/mol. The summed E-state index contributed by atoms with van der Waals surface area (Å²) in [5.74, 6) is -1.85. The molecule has 1 aliphatic rings. The molecule has 2 unspecified atom stereocenters. The van der Waals surface area contributed by atoms with Crippen LogP contribution in [0.2, 0.25) is 15.1 Å². The van der Waals surface area contributed by atoms with Crippen molar-refractivity contribution < 1.29 is 27.5 Å². The Balaban J connectivity index is 1.39. The van der Waals surface area contributed by atoms with Gasteiger partial charge in [0.2, 0.25) is 0 Å². The van der Waals surface area contributed by atoms with E-state index in [2.05, 4.69) is 79.1 Å². The molecule has 0 saturated carbocycles. The fourth-order valence-corrected chi connectivity index (χ4v) is 7.96. The van der Waals surface area contributed by atoms with E-state index in [0.717, 1.165) is 23.4 Å². The normalized spacial score (nSPS) is 15.3. The predicted molar refractivity (Wildman–Crippen MR) is 225 cm³/mol. The van der Waals surface area contributed by atoms with Crippen molar-refractivity contribution in [1.29, 1.82) is 0 Å². The molecule has 5 rings (SSSR count). The van der Waals surface area contributed by atoms with Crippen LogP contribution in [0.15, 0.2) is 89.1 Å². The van der Waals surface area contributed by atoms with Crippen molar-refractivity contribution in [3.63, 3.8) is 0 Å². The molecule has 3 N–H and O–H groups in total. The number of benzene rings is 3. The molecule has 12 nitrogen and oxygen atoms in total. The van der Waals surface area contributed by atoms with Gasteiger partial charge in [0.25, 0.3) is 27.7 Å². The van der Waals surface area contributed by atoms with Crippen molar-refractivity contribution >= 4 is 79.8 Å². The Morgan fingerprint density at radius 2 is 1.56 bits per heavy atom. The Labute approximate surface area is 348 Å². The van der Waals surface area contributed by atoms with Gasteiger partial charge in [0.15, 0.2) is 23.0 Å². The standard InChI is InChI=1S/C41H45Cl3N6O6S/c1-8-31(56-32-18-17-25(40(4,5)9-2)21-28(32)41(6,7)10-3)38(52)46-27-15-13-14-24(20-27)37(51)47-36-34(49-57(54,55)33-16-11-12-19-45-33)39(53)50(48-36)35-29(43)22-26(42)23-30(35)44/h11-23,31,34,49H,8-10H2,1-7H3,(H,46,52)(H,47,48,51). The lowest BCUT2D eigenvalue weighted by Crippen LogP contribution is -2.51. The Hall–Kier alpha value is -4.53.